The Kier molecular flexibility index (Phi) is 4.88. The summed E-state index contributed by atoms with van der Waals surface area (Å²) in [5.74, 6) is 0. The summed E-state index contributed by atoms with van der Waals surface area (Å²) in [5.41, 5.74) is 1.54. The van der Waals surface area contributed by atoms with Crippen LogP contribution in [0.4, 0.5) is 0 Å². The normalized spacial score (nSPS) is 11.8. The number of hydrazone groups is 1. The van der Waals surface area contributed by atoms with Crippen molar-refractivity contribution in [1.29, 1.82) is 0 Å². The molecule has 110 valence electrons. The summed E-state index contributed by atoms with van der Waals surface area (Å²) in [6.07, 6.45) is 1.32. The maximum Gasteiger partial charge on any atom is 0.276 e. The van der Waals surface area contributed by atoms with Crippen molar-refractivity contribution in [2.45, 2.75) is 11.8 Å². The Morgan fingerprint density at radius 2 is 1.76 bits per heavy atom. The van der Waals surface area contributed by atoms with Crippen LogP contribution in [-0.4, -0.2) is 14.6 Å². The third-order valence-electron chi connectivity index (χ3n) is 2.67. The van der Waals surface area contributed by atoms with Crippen molar-refractivity contribution in [3.8, 4) is 0 Å². The van der Waals surface area contributed by atoms with Crippen molar-refractivity contribution in [3.05, 3.63) is 63.6 Å². The lowest BCUT2D eigenvalue weighted by Crippen LogP contribution is -2.18. The maximum absolute atomic E-state index is 12.0. The Morgan fingerprint density at radius 3 is 2.38 bits per heavy atom. The molecule has 1 N–H and O–H groups in total. The minimum atomic E-state index is -3.69. The van der Waals surface area contributed by atoms with Gasteiger partial charge in [-0.05, 0) is 31.2 Å². The number of hydrogen-bond acceptors (Lipinski definition) is 3. The molecular formula is C14H12Cl2N2O2S. The molecule has 0 aromatic heterocycles. The van der Waals surface area contributed by atoms with E-state index in [9.17, 15) is 8.42 Å². The van der Waals surface area contributed by atoms with Gasteiger partial charge in [0.1, 0.15) is 0 Å². The number of halogens is 2. The Hall–Kier alpha value is -1.56. The van der Waals surface area contributed by atoms with Gasteiger partial charge < -0.3 is 0 Å². The fraction of sp³-hybridized carbons (Fsp3) is 0.0714. The predicted molar refractivity (Wildman–Crippen MR) is 85.6 cm³/mol. The van der Waals surface area contributed by atoms with Crippen LogP contribution in [0.5, 0.6) is 0 Å². The molecule has 0 saturated carbocycles. The quantitative estimate of drug-likeness (QED) is 0.681. The first-order chi connectivity index (χ1) is 9.88. The third kappa shape index (κ3) is 4.20. The molecule has 7 heteroatoms. The molecule has 4 nitrogen and oxygen atoms in total. The lowest BCUT2D eigenvalue weighted by molar-refractivity contribution is 0.584. The van der Waals surface area contributed by atoms with E-state index in [1.54, 1.807) is 30.3 Å². The Balaban J connectivity index is 2.14. The molecule has 0 saturated heterocycles. The van der Waals surface area contributed by atoms with E-state index in [1.165, 1.54) is 18.3 Å². The zero-order valence-corrected chi connectivity index (χ0v) is 13.4. The fourth-order valence-corrected chi connectivity index (χ4v) is 2.79. The number of aryl methyl sites for hydroxylation is 1. The van der Waals surface area contributed by atoms with Crippen LogP contribution in [-0.2, 0) is 10.0 Å². The summed E-state index contributed by atoms with van der Waals surface area (Å²) in [7, 11) is -3.69. The molecular weight excluding hydrogens is 331 g/mol. The minimum absolute atomic E-state index is 0.146. The third-order valence-corrected chi connectivity index (χ3v) is 4.47. The zero-order chi connectivity index (χ0) is 15.5. The number of benzene rings is 2. The van der Waals surface area contributed by atoms with E-state index in [-0.39, 0.29) is 4.90 Å². The first-order valence-electron chi connectivity index (χ1n) is 5.95. The van der Waals surface area contributed by atoms with Crippen LogP contribution in [0, 0.1) is 6.92 Å². The molecule has 0 aliphatic heterocycles. The summed E-state index contributed by atoms with van der Waals surface area (Å²) in [4.78, 5) is 2.28. The molecule has 0 unspecified atom stereocenters. The number of nitrogens with zero attached hydrogens (tertiary/aromatic N) is 1. The highest BCUT2D eigenvalue weighted by Gasteiger charge is 2.11. The number of hydrogen-bond donors (Lipinski definition) is 1. The van der Waals surface area contributed by atoms with Crippen molar-refractivity contribution < 1.29 is 8.42 Å². The molecule has 0 radical (unpaired) electrons. The molecule has 2 rings (SSSR count). The average molecular weight is 343 g/mol. The Bertz CT molecular complexity index is 772. The summed E-state index contributed by atoms with van der Waals surface area (Å²) in [6, 6.07) is 11.3. The van der Waals surface area contributed by atoms with Crippen LogP contribution in [0.2, 0.25) is 10.0 Å². The largest absolute Gasteiger partial charge is 0.276 e. The predicted octanol–water partition coefficient (Wildman–Crippen LogP) is 3.61. The molecule has 0 heterocycles. The van der Waals surface area contributed by atoms with Gasteiger partial charge in [0.25, 0.3) is 10.0 Å². The van der Waals surface area contributed by atoms with E-state index >= 15 is 0 Å². The molecule has 0 bridgehead atoms. The van der Waals surface area contributed by atoms with Gasteiger partial charge in [-0.1, -0.05) is 47.0 Å². The molecule has 0 spiro atoms. The molecule has 0 fully saturated rings. The van der Waals surface area contributed by atoms with Gasteiger partial charge in [0.15, 0.2) is 0 Å². The molecule has 0 amide bonds. The SMILES string of the molecule is Cc1ccc(S(=O)(=O)N/N=C\c2ccc(Cl)cc2Cl)cc1. The van der Waals surface area contributed by atoms with Gasteiger partial charge in [-0.25, -0.2) is 4.83 Å². The number of sulfonamides is 1. The summed E-state index contributed by atoms with van der Waals surface area (Å²) in [5, 5.41) is 4.60. The van der Waals surface area contributed by atoms with Gasteiger partial charge in [0, 0.05) is 10.6 Å². The van der Waals surface area contributed by atoms with Crippen LogP contribution in [0.15, 0.2) is 52.5 Å². The summed E-state index contributed by atoms with van der Waals surface area (Å²) in [6.45, 7) is 1.88. The zero-order valence-electron chi connectivity index (χ0n) is 11.0. The number of rotatable bonds is 4. The lowest BCUT2D eigenvalue weighted by Gasteiger charge is -2.04. The van der Waals surface area contributed by atoms with Gasteiger partial charge >= 0.3 is 0 Å². The van der Waals surface area contributed by atoms with E-state index in [2.05, 4.69) is 9.93 Å². The van der Waals surface area contributed by atoms with Crippen molar-refractivity contribution in [2.24, 2.45) is 5.10 Å². The van der Waals surface area contributed by atoms with Crippen molar-refractivity contribution in [2.75, 3.05) is 0 Å². The molecule has 0 aliphatic carbocycles. The molecule has 21 heavy (non-hydrogen) atoms. The van der Waals surface area contributed by atoms with E-state index in [1.807, 2.05) is 6.92 Å². The lowest BCUT2D eigenvalue weighted by atomic mass is 10.2. The average Bonchev–Trinajstić information content (AvgIpc) is 2.41. The van der Waals surface area contributed by atoms with Gasteiger partial charge in [-0.15, -0.1) is 0 Å². The van der Waals surface area contributed by atoms with Crippen molar-refractivity contribution in [1.82, 2.24) is 4.83 Å². The Morgan fingerprint density at radius 1 is 1.10 bits per heavy atom. The first kappa shape index (κ1) is 15.8. The monoisotopic (exact) mass is 342 g/mol. The summed E-state index contributed by atoms with van der Waals surface area (Å²) >= 11 is 11.7. The van der Waals surface area contributed by atoms with Crippen LogP contribution in [0.1, 0.15) is 11.1 Å². The Labute approximate surface area is 133 Å². The topological polar surface area (TPSA) is 58.5 Å². The van der Waals surface area contributed by atoms with Gasteiger partial charge in [0.05, 0.1) is 16.1 Å². The summed E-state index contributed by atoms with van der Waals surface area (Å²) < 4.78 is 24.0. The molecule has 2 aromatic carbocycles. The first-order valence-corrected chi connectivity index (χ1v) is 8.19. The van der Waals surface area contributed by atoms with Crippen molar-refractivity contribution in [3.63, 3.8) is 0 Å². The van der Waals surface area contributed by atoms with Gasteiger partial charge in [-0.2, -0.15) is 13.5 Å². The fourth-order valence-electron chi connectivity index (χ4n) is 1.54. The molecule has 2 aromatic rings. The number of nitrogens with one attached hydrogen (secondary N) is 1. The van der Waals surface area contributed by atoms with Crippen LogP contribution < -0.4 is 4.83 Å². The highest BCUT2D eigenvalue weighted by Crippen LogP contribution is 2.19. The molecule has 0 aliphatic rings. The standard InChI is InChI=1S/C14H12Cl2N2O2S/c1-10-2-6-13(7-3-10)21(19,20)18-17-9-11-4-5-12(15)8-14(11)16/h2-9,18H,1H3/b17-9-. The second kappa shape index (κ2) is 6.47. The highest BCUT2D eigenvalue weighted by molar-refractivity contribution is 7.89. The maximum atomic E-state index is 12.0. The smallest absolute Gasteiger partial charge is 0.200 e. The minimum Gasteiger partial charge on any atom is -0.200 e. The van der Waals surface area contributed by atoms with Gasteiger partial charge in [0.2, 0.25) is 0 Å². The molecule has 0 atom stereocenters. The second-order valence-corrected chi connectivity index (χ2v) is 6.84. The van der Waals surface area contributed by atoms with Crippen LogP contribution in [0.3, 0.4) is 0 Å². The van der Waals surface area contributed by atoms with Gasteiger partial charge in [-0.3, -0.25) is 0 Å². The van der Waals surface area contributed by atoms with Crippen LogP contribution in [0.25, 0.3) is 0 Å². The van der Waals surface area contributed by atoms with Crippen LogP contribution >= 0.6 is 23.2 Å². The van der Waals surface area contributed by atoms with E-state index in [0.717, 1.165) is 5.56 Å². The van der Waals surface area contributed by atoms with E-state index in [4.69, 9.17) is 23.2 Å². The van der Waals surface area contributed by atoms with E-state index < -0.39 is 10.0 Å². The van der Waals surface area contributed by atoms with E-state index in [0.29, 0.717) is 15.6 Å². The second-order valence-electron chi connectivity index (χ2n) is 4.33. The van der Waals surface area contributed by atoms with Crippen molar-refractivity contribution >= 4 is 39.4 Å². The highest BCUT2D eigenvalue weighted by atomic mass is 35.5.